The van der Waals surface area contributed by atoms with Crippen LogP contribution < -0.4 is 5.32 Å². The van der Waals surface area contributed by atoms with Crippen molar-refractivity contribution in [2.75, 3.05) is 13.2 Å². The van der Waals surface area contributed by atoms with Gasteiger partial charge in [-0.05, 0) is 97.3 Å². The summed E-state index contributed by atoms with van der Waals surface area (Å²) < 4.78 is 5.60. The van der Waals surface area contributed by atoms with Crippen LogP contribution >= 0.6 is 0 Å². The maximum atomic E-state index is 12.6. The predicted octanol–water partition coefficient (Wildman–Crippen LogP) is 3.52. The van der Waals surface area contributed by atoms with Gasteiger partial charge in [0, 0.05) is 19.6 Å². The number of aliphatic hydroxyl groups is 1. The lowest BCUT2D eigenvalue weighted by atomic mass is 9.55. The van der Waals surface area contributed by atoms with Crippen LogP contribution in [0.15, 0.2) is 18.2 Å². The smallest absolute Gasteiger partial charge is 0.220 e. The molecule has 1 aromatic rings. The van der Waals surface area contributed by atoms with Crippen molar-refractivity contribution in [3.05, 3.63) is 29.3 Å². The van der Waals surface area contributed by atoms with Crippen LogP contribution in [0.3, 0.4) is 0 Å². The first-order valence-electron chi connectivity index (χ1n) is 11.8. The summed E-state index contributed by atoms with van der Waals surface area (Å²) in [6.45, 7) is 3.65. The summed E-state index contributed by atoms with van der Waals surface area (Å²) in [5.41, 5.74) is 2.61. The number of fused-ring (bicyclic) bond motifs is 5. The number of hydrogen-bond donors (Lipinski definition) is 3. The standard InChI is InChI=1S/C25H35NO4/c1-25-9-8-20-19-7-5-17(27)11-15(19)4-6-21(20)22(25)12-16(24(25)29)13-23(28)26-14-18-3-2-10-30-18/h5,7,11,16,18,20-22,24,27,29H,2-4,6,8-10,12-14H2,1H3,(H,26,28)/t16?,18?,20?,21?,22?,24-,25-/m0/s1. The van der Waals surface area contributed by atoms with E-state index < -0.39 is 6.10 Å². The van der Waals surface area contributed by atoms with Crippen molar-refractivity contribution in [1.82, 2.24) is 5.32 Å². The van der Waals surface area contributed by atoms with Crippen molar-refractivity contribution in [2.24, 2.45) is 23.2 Å². The van der Waals surface area contributed by atoms with Gasteiger partial charge in [0.25, 0.3) is 0 Å². The van der Waals surface area contributed by atoms with Crippen molar-refractivity contribution in [2.45, 2.75) is 76.4 Å². The third kappa shape index (κ3) is 3.44. The zero-order valence-electron chi connectivity index (χ0n) is 18.0. The van der Waals surface area contributed by atoms with Gasteiger partial charge in [-0.3, -0.25) is 4.79 Å². The number of benzene rings is 1. The molecule has 3 fully saturated rings. The molecular weight excluding hydrogens is 378 g/mol. The third-order valence-corrected chi connectivity index (χ3v) is 8.83. The number of hydrogen-bond acceptors (Lipinski definition) is 4. The molecule has 2 saturated carbocycles. The lowest BCUT2D eigenvalue weighted by Gasteiger charge is -2.50. The Morgan fingerprint density at radius 3 is 2.97 bits per heavy atom. The maximum absolute atomic E-state index is 12.6. The normalized spacial score (nSPS) is 39.8. The molecule has 0 aromatic heterocycles. The maximum Gasteiger partial charge on any atom is 0.220 e. The summed E-state index contributed by atoms with van der Waals surface area (Å²) in [5.74, 6) is 2.01. The number of rotatable bonds is 4. The molecule has 3 aliphatic carbocycles. The van der Waals surface area contributed by atoms with Crippen molar-refractivity contribution in [1.29, 1.82) is 0 Å². The van der Waals surface area contributed by atoms with Crippen molar-refractivity contribution in [3.8, 4) is 5.75 Å². The van der Waals surface area contributed by atoms with E-state index in [9.17, 15) is 15.0 Å². The largest absolute Gasteiger partial charge is 0.508 e. The second-order valence-electron chi connectivity index (χ2n) is 10.4. The molecule has 30 heavy (non-hydrogen) atoms. The molecule has 0 bridgehead atoms. The highest BCUT2D eigenvalue weighted by molar-refractivity contribution is 5.76. The molecule has 0 radical (unpaired) electrons. The molecule has 0 spiro atoms. The van der Waals surface area contributed by atoms with Gasteiger partial charge in [-0.25, -0.2) is 0 Å². The Morgan fingerprint density at radius 1 is 1.30 bits per heavy atom. The molecule has 1 aromatic carbocycles. The molecule has 3 N–H and O–H groups in total. The predicted molar refractivity (Wildman–Crippen MR) is 114 cm³/mol. The zero-order valence-corrected chi connectivity index (χ0v) is 18.0. The number of aryl methyl sites for hydroxylation is 1. The van der Waals surface area contributed by atoms with Gasteiger partial charge in [0.1, 0.15) is 5.75 Å². The molecular formula is C25H35NO4. The molecule has 7 atom stereocenters. The van der Waals surface area contributed by atoms with Gasteiger partial charge >= 0.3 is 0 Å². The van der Waals surface area contributed by atoms with E-state index in [0.29, 0.717) is 36.5 Å². The van der Waals surface area contributed by atoms with Crippen LogP contribution in [0.2, 0.25) is 0 Å². The van der Waals surface area contributed by atoms with Crippen LogP contribution in [-0.4, -0.2) is 41.5 Å². The SMILES string of the molecule is C[C@]12CCC3c4ccc(O)cc4CCC3C1CC(CC(=O)NCC1CCCO1)[C@@H]2O. The second kappa shape index (κ2) is 7.83. The summed E-state index contributed by atoms with van der Waals surface area (Å²) in [7, 11) is 0. The fraction of sp³-hybridized carbons (Fsp3) is 0.720. The minimum atomic E-state index is -0.404. The summed E-state index contributed by atoms with van der Waals surface area (Å²) in [5, 5.41) is 24.2. The van der Waals surface area contributed by atoms with Gasteiger partial charge < -0.3 is 20.3 Å². The summed E-state index contributed by atoms with van der Waals surface area (Å²) in [6.07, 6.45) is 7.43. The van der Waals surface area contributed by atoms with Crippen LogP contribution in [0.4, 0.5) is 0 Å². The third-order valence-electron chi connectivity index (χ3n) is 8.83. The van der Waals surface area contributed by atoms with E-state index in [4.69, 9.17) is 4.74 Å². The number of carbonyl (C=O) groups excluding carboxylic acids is 1. The van der Waals surface area contributed by atoms with Crippen LogP contribution in [0, 0.1) is 23.2 Å². The van der Waals surface area contributed by atoms with E-state index in [-0.39, 0.29) is 23.3 Å². The zero-order chi connectivity index (χ0) is 20.9. The Morgan fingerprint density at radius 2 is 2.17 bits per heavy atom. The topological polar surface area (TPSA) is 78.8 Å². The number of aromatic hydroxyl groups is 1. The molecule has 1 amide bonds. The van der Waals surface area contributed by atoms with Crippen LogP contribution in [0.1, 0.15) is 68.9 Å². The molecule has 1 aliphatic heterocycles. The molecule has 5 rings (SSSR count). The van der Waals surface area contributed by atoms with Crippen molar-refractivity contribution in [3.63, 3.8) is 0 Å². The van der Waals surface area contributed by atoms with Crippen molar-refractivity contribution < 1.29 is 19.7 Å². The highest BCUT2D eigenvalue weighted by atomic mass is 16.5. The van der Waals surface area contributed by atoms with E-state index in [0.717, 1.165) is 51.6 Å². The number of ether oxygens (including phenoxy) is 1. The van der Waals surface area contributed by atoms with Gasteiger partial charge in [0.2, 0.25) is 5.91 Å². The number of amides is 1. The minimum Gasteiger partial charge on any atom is -0.508 e. The number of phenolic OH excluding ortho intramolecular Hbond substituents is 1. The second-order valence-corrected chi connectivity index (χ2v) is 10.4. The fourth-order valence-electron chi connectivity index (χ4n) is 7.26. The van der Waals surface area contributed by atoms with Crippen LogP contribution in [0.25, 0.3) is 0 Å². The number of carbonyl (C=O) groups is 1. The Kier molecular flexibility index (Phi) is 5.30. The Bertz CT molecular complexity index is 804. The lowest BCUT2D eigenvalue weighted by Crippen LogP contribution is -2.44. The van der Waals surface area contributed by atoms with Gasteiger partial charge in [0.15, 0.2) is 0 Å². The average molecular weight is 414 g/mol. The Hall–Kier alpha value is -1.59. The molecule has 5 nitrogen and oxygen atoms in total. The molecule has 5 heteroatoms. The van der Waals surface area contributed by atoms with Crippen LogP contribution in [0.5, 0.6) is 5.75 Å². The Balaban J connectivity index is 1.27. The number of aliphatic hydroxyl groups excluding tert-OH is 1. The Labute approximate surface area is 179 Å². The first kappa shape index (κ1) is 20.3. The van der Waals surface area contributed by atoms with E-state index in [1.54, 1.807) is 0 Å². The van der Waals surface area contributed by atoms with Gasteiger partial charge in [-0.1, -0.05) is 13.0 Å². The van der Waals surface area contributed by atoms with E-state index in [1.165, 1.54) is 11.1 Å². The number of phenols is 1. The van der Waals surface area contributed by atoms with Crippen LogP contribution in [-0.2, 0) is 16.0 Å². The number of nitrogens with one attached hydrogen (secondary N) is 1. The molecule has 1 saturated heterocycles. The summed E-state index contributed by atoms with van der Waals surface area (Å²) in [4.78, 5) is 12.6. The summed E-state index contributed by atoms with van der Waals surface area (Å²) >= 11 is 0. The lowest BCUT2D eigenvalue weighted by molar-refractivity contribution is -0.123. The van der Waals surface area contributed by atoms with E-state index in [2.05, 4.69) is 18.3 Å². The first-order chi connectivity index (χ1) is 14.5. The van der Waals surface area contributed by atoms with Crippen molar-refractivity contribution >= 4 is 5.91 Å². The molecule has 1 heterocycles. The van der Waals surface area contributed by atoms with Gasteiger partial charge in [-0.15, -0.1) is 0 Å². The molecule has 5 unspecified atom stereocenters. The highest BCUT2D eigenvalue weighted by Gasteiger charge is 2.58. The highest BCUT2D eigenvalue weighted by Crippen LogP contribution is 2.62. The fourth-order valence-corrected chi connectivity index (χ4v) is 7.26. The van der Waals surface area contributed by atoms with Gasteiger partial charge in [0.05, 0.1) is 12.2 Å². The quantitative estimate of drug-likeness (QED) is 0.706. The molecule has 4 aliphatic rings. The van der Waals surface area contributed by atoms with Gasteiger partial charge in [-0.2, -0.15) is 0 Å². The monoisotopic (exact) mass is 413 g/mol. The first-order valence-corrected chi connectivity index (χ1v) is 11.8. The summed E-state index contributed by atoms with van der Waals surface area (Å²) in [6, 6.07) is 5.87. The molecule has 164 valence electrons. The van der Waals surface area contributed by atoms with E-state index in [1.807, 2.05) is 12.1 Å². The average Bonchev–Trinajstić information content (AvgIpc) is 3.34. The minimum absolute atomic E-state index is 0.0458. The van der Waals surface area contributed by atoms with E-state index >= 15 is 0 Å².